The fourth-order valence-electron chi connectivity index (χ4n) is 8.03. The summed E-state index contributed by atoms with van der Waals surface area (Å²) in [5.74, 6) is 1.86. The van der Waals surface area contributed by atoms with E-state index in [2.05, 4.69) is 156 Å². The maximum Gasteiger partial charge on any atom is 0.142 e. The molecule has 43 heavy (non-hydrogen) atoms. The number of rotatable bonds is 1. The van der Waals surface area contributed by atoms with Crippen LogP contribution in [-0.2, 0) is 5.41 Å². The van der Waals surface area contributed by atoms with Crippen molar-refractivity contribution < 1.29 is 4.74 Å². The number of aromatic nitrogens is 1. The molecule has 0 amide bonds. The molecule has 2 heterocycles. The van der Waals surface area contributed by atoms with Gasteiger partial charge >= 0.3 is 0 Å². The van der Waals surface area contributed by atoms with Gasteiger partial charge in [0, 0.05) is 22.2 Å². The highest BCUT2D eigenvalue weighted by Crippen LogP contribution is 2.63. The summed E-state index contributed by atoms with van der Waals surface area (Å²) in [5.41, 5.74) is 10.6. The lowest BCUT2D eigenvalue weighted by Crippen LogP contribution is -2.32. The van der Waals surface area contributed by atoms with Crippen molar-refractivity contribution in [3.8, 4) is 28.3 Å². The van der Waals surface area contributed by atoms with E-state index in [0.717, 1.165) is 28.1 Å². The molecule has 0 unspecified atom stereocenters. The zero-order valence-corrected chi connectivity index (χ0v) is 23.3. The van der Waals surface area contributed by atoms with Crippen LogP contribution in [0.5, 0.6) is 11.5 Å². The van der Waals surface area contributed by atoms with E-state index in [9.17, 15) is 0 Å². The molecule has 2 heteroatoms. The third-order valence-electron chi connectivity index (χ3n) is 9.65. The Bertz CT molecular complexity index is 2390. The maximum absolute atomic E-state index is 7.10. The summed E-state index contributed by atoms with van der Waals surface area (Å²) in [4.78, 5) is 0. The second-order valence-electron chi connectivity index (χ2n) is 11.6. The zero-order chi connectivity index (χ0) is 28.1. The normalized spacial score (nSPS) is 14.0. The monoisotopic (exact) mass is 547 g/mol. The minimum absolute atomic E-state index is 0.489. The molecule has 7 aromatic carbocycles. The summed E-state index contributed by atoms with van der Waals surface area (Å²) in [7, 11) is 0. The SMILES string of the molecule is c1ccc(-n2c3ccc4c(c3c3c5ccccc5ccc32)Oc2ccccc2C42c3ccccc3-c3ccccc32)cc1. The molecule has 8 aromatic rings. The van der Waals surface area contributed by atoms with Crippen molar-refractivity contribution in [1.82, 2.24) is 4.57 Å². The Morgan fingerprint density at radius 1 is 0.442 bits per heavy atom. The Morgan fingerprint density at radius 2 is 1.05 bits per heavy atom. The minimum Gasteiger partial charge on any atom is -0.456 e. The van der Waals surface area contributed by atoms with Crippen LogP contribution in [0.1, 0.15) is 22.3 Å². The van der Waals surface area contributed by atoms with Gasteiger partial charge in [-0.3, -0.25) is 0 Å². The first-order valence-corrected chi connectivity index (χ1v) is 14.9. The van der Waals surface area contributed by atoms with Gasteiger partial charge in [0.1, 0.15) is 11.5 Å². The van der Waals surface area contributed by atoms with Gasteiger partial charge in [0.05, 0.1) is 21.8 Å². The first-order chi connectivity index (χ1) is 21.4. The topological polar surface area (TPSA) is 14.2 Å². The Labute approximate surface area is 249 Å². The molecule has 10 rings (SSSR count). The molecule has 0 fully saturated rings. The number of hydrogen-bond acceptors (Lipinski definition) is 1. The second kappa shape index (κ2) is 8.24. The van der Waals surface area contributed by atoms with Gasteiger partial charge in [0.25, 0.3) is 0 Å². The van der Waals surface area contributed by atoms with Gasteiger partial charge in [-0.25, -0.2) is 0 Å². The summed E-state index contributed by atoms with van der Waals surface area (Å²) < 4.78 is 9.49. The molecular formula is C41H25NO. The molecule has 0 saturated carbocycles. The Kier molecular flexibility index (Phi) is 4.41. The van der Waals surface area contributed by atoms with E-state index in [0.29, 0.717) is 0 Å². The molecule has 0 atom stereocenters. The van der Waals surface area contributed by atoms with Gasteiger partial charge in [-0.1, -0.05) is 121 Å². The minimum atomic E-state index is -0.489. The van der Waals surface area contributed by atoms with Gasteiger partial charge in [-0.2, -0.15) is 0 Å². The smallest absolute Gasteiger partial charge is 0.142 e. The summed E-state index contributed by atoms with van der Waals surface area (Å²) >= 11 is 0. The molecule has 0 saturated heterocycles. The standard InChI is InChI=1S/C41H25NO/c1-2-13-27(14-3-1)42-35-24-22-26-12-4-5-15-28(26)38(35)39-36(42)25-23-34-40(39)43-37-21-11-10-20-33(37)41(34)31-18-8-6-16-29(31)30-17-7-9-19-32(30)41/h1-25H. The predicted molar refractivity (Wildman–Crippen MR) is 176 cm³/mol. The first-order valence-electron chi connectivity index (χ1n) is 14.9. The lowest BCUT2D eigenvalue weighted by Gasteiger charge is -2.39. The summed E-state index contributed by atoms with van der Waals surface area (Å²) in [6.45, 7) is 0. The Hall–Kier alpha value is -5.60. The fourth-order valence-corrected chi connectivity index (χ4v) is 8.03. The summed E-state index contributed by atoms with van der Waals surface area (Å²) in [6, 6.07) is 55.0. The van der Waals surface area contributed by atoms with Crippen LogP contribution in [0.4, 0.5) is 0 Å². The molecule has 200 valence electrons. The van der Waals surface area contributed by atoms with Crippen molar-refractivity contribution in [2.75, 3.05) is 0 Å². The van der Waals surface area contributed by atoms with Gasteiger partial charge in [0.15, 0.2) is 0 Å². The van der Waals surface area contributed by atoms with Crippen molar-refractivity contribution in [3.05, 3.63) is 174 Å². The van der Waals surface area contributed by atoms with Crippen LogP contribution >= 0.6 is 0 Å². The summed E-state index contributed by atoms with van der Waals surface area (Å²) in [6.07, 6.45) is 0. The highest BCUT2D eigenvalue weighted by molar-refractivity contribution is 6.23. The van der Waals surface area contributed by atoms with E-state index in [1.807, 2.05) is 0 Å². The van der Waals surface area contributed by atoms with Crippen LogP contribution in [-0.4, -0.2) is 4.57 Å². The number of benzene rings is 7. The second-order valence-corrected chi connectivity index (χ2v) is 11.6. The molecule has 2 aliphatic rings. The fraction of sp³-hybridized carbons (Fsp3) is 0.0244. The van der Waals surface area contributed by atoms with E-state index in [1.165, 1.54) is 55.1 Å². The van der Waals surface area contributed by atoms with Gasteiger partial charge in [-0.05, 0) is 63.4 Å². The van der Waals surface area contributed by atoms with Crippen LogP contribution in [0, 0.1) is 0 Å². The molecule has 0 N–H and O–H groups in total. The van der Waals surface area contributed by atoms with Gasteiger partial charge in [-0.15, -0.1) is 0 Å². The van der Waals surface area contributed by atoms with Crippen molar-refractivity contribution in [2.24, 2.45) is 0 Å². The zero-order valence-electron chi connectivity index (χ0n) is 23.3. The van der Waals surface area contributed by atoms with E-state index < -0.39 is 5.41 Å². The third-order valence-corrected chi connectivity index (χ3v) is 9.65. The molecular weight excluding hydrogens is 522 g/mol. The number of hydrogen-bond donors (Lipinski definition) is 0. The number of fused-ring (bicyclic) bond motifs is 15. The molecule has 0 bridgehead atoms. The van der Waals surface area contributed by atoms with Crippen LogP contribution in [0.2, 0.25) is 0 Å². The van der Waals surface area contributed by atoms with E-state index in [-0.39, 0.29) is 0 Å². The Morgan fingerprint density at radius 3 is 1.84 bits per heavy atom. The van der Waals surface area contributed by atoms with Crippen molar-refractivity contribution in [2.45, 2.75) is 5.41 Å². The van der Waals surface area contributed by atoms with E-state index >= 15 is 0 Å². The van der Waals surface area contributed by atoms with Crippen molar-refractivity contribution in [3.63, 3.8) is 0 Å². The average Bonchev–Trinajstić information content (AvgIpc) is 3.57. The van der Waals surface area contributed by atoms with Crippen molar-refractivity contribution in [1.29, 1.82) is 0 Å². The largest absolute Gasteiger partial charge is 0.456 e. The lowest BCUT2D eigenvalue weighted by atomic mass is 9.66. The van der Waals surface area contributed by atoms with Crippen molar-refractivity contribution >= 4 is 32.6 Å². The van der Waals surface area contributed by atoms with E-state index in [4.69, 9.17) is 4.74 Å². The molecule has 1 aromatic heterocycles. The van der Waals surface area contributed by atoms with E-state index in [1.54, 1.807) is 0 Å². The number of para-hydroxylation sites is 2. The van der Waals surface area contributed by atoms with Crippen LogP contribution < -0.4 is 4.74 Å². The van der Waals surface area contributed by atoms with Crippen LogP contribution in [0.3, 0.4) is 0 Å². The first kappa shape index (κ1) is 23.0. The third kappa shape index (κ3) is 2.78. The average molecular weight is 548 g/mol. The molecule has 2 nitrogen and oxygen atoms in total. The van der Waals surface area contributed by atoms with Gasteiger partial charge in [0.2, 0.25) is 0 Å². The molecule has 1 aliphatic carbocycles. The quantitative estimate of drug-likeness (QED) is 0.199. The van der Waals surface area contributed by atoms with Crippen LogP contribution in [0.15, 0.2) is 152 Å². The van der Waals surface area contributed by atoms with Crippen LogP contribution in [0.25, 0.3) is 49.4 Å². The Balaban J connectivity index is 1.45. The number of nitrogens with zero attached hydrogens (tertiary/aromatic N) is 1. The lowest BCUT2D eigenvalue weighted by molar-refractivity contribution is 0.442. The summed E-state index contributed by atoms with van der Waals surface area (Å²) in [5, 5.41) is 4.84. The highest BCUT2D eigenvalue weighted by atomic mass is 16.5. The number of ether oxygens (including phenoxy) is 1. The molecule has 1 spiro atoms. The predicted octanol–water partition coefficient (Wildman–Crippen LogP) is 10.4. The molecule has 1 aliphatic heterocycles. The maximum atomic E-state index is 7.10. The highest BCUT2D eigenvalue weighted by Gasteiger charge is 2.51. The van der Waals surface area contributed by atoms with Gasteiger partial charge < -0.3 is 9.30 Å². The molecule has 0 radical (unpaired) electrons.